The molecule has 0 aliphatic heterocycles. The summed E-state index contributed by atoms with van der Waals surface area (Å²) in [5.74, 6) is -0.0729. The van der Waals surface area contributed by atoms with Gasteiger partial charge < -0.3 is 14.6 Å². The van der Waals surface area contributed by atoms with Crippen LogP contribution in [0.15, 0.2) is 6.07 Å². The van der Waals surface area contributed by atoms with E-state index in [-0.39, 0.29) is 0 Å². The number of carbonyl (C=O) groups is 1. The van der Waals surface area contributed by atoms with Crippen molar-refractivity contribution in [2.75, 3.05) is 13.7 Å². The van der Waals surface area contributed by atoms with Gasteiger partial charge in [-0.15, -0.1) is 11.3 Å². The second kappa shape index (κ2) is 5.71. The molecule has 0 amide bonds. The summed E-state index contributed by atoms with van der Waals surface area (Å²) in [6, 6.07) is 1.57. The van der Waals surface area contributed by atoms with E-state index in [1.54, 1.807) is 19.9 Å². The quantitative estimate of drug-likeness (QED) is 0.842. The van der Waals surface area contributed by atoms with Crippen LogP contribution in [-0.4, -0.2) is 30.4 Å². The molecular formula is C11H15ClO4S. The van der Waals surface area contributed by atoms with Crippen molar-refractivity contribution in [2.24, 2.45) is 0 Å². The smallest absolute Gasteiger partial charge is 0.351 e. The number of rotatable bonds is 5. The summed E-state index contributed by atoms with van der Waals surface area (Å²) in [5, 5.41) is 9.53. The molecule has 1 rings (SSSR count). The second-order valence-electron chi connectivity index (χ2n) is 4.15. The van der Waals surface area contributed by atoms with Crippen LogP contribution in [0, 0.1) is 0 Å². The number of carbonyl (C=O) groups excluding carboxylic acids is 1. The summed E-state index contributed by atoms with van der Waals surface area (Å²) >= 11 is 6.93. The van der Waals surface area contributed by atoms with Crippen molar-refractivity contribution in [1.82, 2.24) is 0 Å². The average molecular weight is 279 g/mol. The zero-order chi connectivity index (χ0) is 13.1. The molecule has 1 aromatic heterocycles. The van der Waals surface area contributed by atoms with E-state index in [1.165, 1.54) is 7.11 Å². The predicted molar refractivity (Wildman–Crippen MR) is 67.1 cm³/mol. The van der Waals surface area contributed by atoms with Crippen molar-refractivity contribution in [3.63, 3.8) is 0 Å². The Morgan fingerprint density at radius 2 is 2.24 bits per heavy atom. The van der Waals surface area contributed by atoms with Crippen LogP contribution >= 0.6 is 22.9 Å². The van der Waals surface area contributed by atoms with E-state index in [4.69, 9.17) is 16.3 Å². The van der Waals surface area contributed by atoms with Crippen LogP contribution in [0.2, 0.25) is 4.34 Å². The van der Waals surface area contributed by atoms with Gasteiger partial charge in [-0.05, 0) is 13.8 Å². The van der Waals surface area contributed by atoms with E-state index >= 15 is 0 Å². The Kier molecular flexibility index (Phi) is 4.80. The molecule has 0 atom stereocenters. The number of halogens is 1. The molecule has 0 bridgehead atoms. The van der Waals surface area contributed by atoms with Gasteiger partial charge in [0.1, 0.15) is 5.75 Å². The van der Waals surface area contributed by atoms with Gasteiger partial charge in [-0.25, -0.2) is 4.79 Å². The number of hydrogen-bond donors (Lipinski definition) is 1. The van der Waals surface area contributed by atoms with Crippen molar-refractivity contribution in [1.29, 1.82) is 0 Å². The van der Waals surface area contributed by atoms with Crippen LogP contribution in [-0.2, 0) is 4.74 Å². The Labute approximate surface area is 109 Å². The monoisotopic (exact) mass is 278 g/mol. The molecule has 0 aromatic carbocycles. The second-order valence-corrected chi connectivity index (χ2v) is 5.83. The zero-order valence-electron chi connectivity index (χ0n) is 9.95. The number of esters is 1. The third kappa shape index (κ3) is 4.53. The van der Waals surface area contributed by atoms with E-state index in [0.717, 1.165) is 11.3 Å². The molecule has 17 heavy (non-hydrogen) atoms. The van der Waals surface area contributed by atoms with Gasteiger partial charge in [0.05, 0.1) is 23.7 Å². The van der Waals surface area contributed by atoms with Crippen molar-refractivity contribution in [3.05, 3.63) is 15.3 Å². The van der Waals surface area contributed by atoms with Gasteiger partial charge in [-0.3, -0.25) is 0 Å². The topological polar surface area (TPSA) is 55.8 Å². The Bertz CT molecular complexity index is 395. The van der Waals surface area contributed by atoms with E-state index in [1.807, 2.05) is 0 Å². The Morgan fingerprint density at radius 1 is 1.59 bits per heavy atom. The maximum absolute atomic E-state index is 11.4. The molecule has 0 saturated heterocycles. The minimum Gasteiger partial charge on any atom is -0.492 e. The largest absolute Gasteiger partial charge is 0.492 e. The average Bonchev–Trinajstić information content (AvgIpc) is 2.57. The molecule has 0 spiro atoms. The Hall–Kier alpha value is -0.780. The van der Waals surface area contributed by atoms with Crippen LogP contribution in [0.1, 0.15) is 29.9 Å². The number of hydrogen-bond acceptors (Lipinski definition) is 5. The van der Waals surface area contributed by atoms with Gasteiger partial charge in [0.2, 0.25) is 0 Å². The number of thiophene rings is 1. The maximum atomic E-state index is 11.4. The fraction of sp³-hybridized carbons (Fsp3) is 0.545. The summed E-state index contributed by atoms with van der Waals surface area (Å²) < 4.78 is 10.5. The Morgan fingerprint density at radius 3 is 2.76 bits per heavy atom. The lowest BCUT2D eigenvalue weighted by Crippen LogP contribution is -2.22. The van der Waals surface area contributed by atoms with Gasteiger partial charge in [-0.2, -0.15) is 0 Å². The van der Waals surface area contributed by atoms with Gasteiger partial charge in [-0.1, -0.05) is 11.6 Å². The molecule has 0 fully saturated rings. The fourth-order valence-corrected chi connectivity index (χ4v) is 2.18. The van der Waals surface area contributed by atoms with Crippen molar-refractivity contribution < 1.29 is 19.4 Å². The summed E-state index contributed by atoms with van der Waals surface area (Å²) in [6.45, 7) is 3.69. The first kappa shape index (κ1) is 14.3. The van der Waals surface area contributed by atoms with Crippen LogP contribution < -0.4 is 4.74 Å². The molecule has 0 saturated carbocycles. The first-order valence-electron chi connectivity index (χ1n) is 5.06. The van der Waals surface area contributed by atoms with Gasteiger partial charge in [0, 0.05) is 12.5 Å². The normalized spacial score (nSPS) is 11.4. The van der Waals surface area contributed by atoms with Crippen molar-refractivity contribution >= 4 is 28.9 Å². The molecule has 0 aliphatic rings. The first-order chi connectivity index (χ1) is 7.83. The highest BCUT2D eigenvalue weighted by atomic mass is 35.5. The van der Waals surface area contributed by atoms with Crippen LogP contribution in [0.3, 0.4) is 0 Å². The highest BCUT2D eigenvalue weighted by molar-refractivity contribution is 7.18. The molecule has 6 heteroatoms. The molecule has 0 aliphatic carbocycles. The molecule has 4 nitrogen and oxygen atoms in total. The Balaban J connectivity index is 2.67. The highest BCUT2D eigenvalue weighted by Crippen LogP contribution is 2.33. The molecule has 1 aromatic rings. The molecule has 0 radical (unpaired) electrons. The standard InChI is InChI=1S/C11H15ClO4S/c1-11(2,14)4-5-16-7-6-8(12)17-9(7)10(13)15-3/h6,14H,4-5H2,1-3H3. The number of aliphatic hydroxyl groups is 1. The molecule has 0 unspecified atom stereocenters. The lowest BCUT2D eigenvalue weighted by atomic mass is 10.1. The summed E-state index contributed by atoms with van der Waals surface area (Å²) in [5.41, 5.74) is -0.800. The third-order valence-corrected chi connectivity index (χ3v) is 3.24. The molecular weight excluding hydrogens is 264 g/mol. The van der Waals surface area contributed by atoms with Crippen LogP contribution in [0.25, 0.3) is 0 Å². The lowest BCUT2D eigenvalue weighted by molar-refractivity contribution is 0.0542. The highest BCUT2D eigenvalue weighted by Gasteiger charge is 2.19. The predicted octanol–water partition coefficient (Wildman–Crippen LogP) is 2.73. The summed E-state index contributed by atoms with van der Waals surface area (Å²) in [6.07, 6.45) is 0.459. The van der Waals surface area contributed by atoms with Gasteiger partial charge in [0.25, 0.3) is 0 Å². The van der Waals surface area contributed by atoms with Crippen molar-refractivity contribution in [3.8, 4) is 5.75 Å². The van der Waals surface area contributed by atoms with Crippen LogP contribution in [0.5, 0.6) is 5.75 Å². The van der Waals surface area contributed by atoms with Gasteiger partial charge in [0.15, 0.2) is 4.88 Å². The molecule has 1 heterocycles. The fourth-order valence-electron chi connectivity index (χ4n) is 1.10. The summed E-state index contributed by atoms with van der Waals surface area (Å²) in [4.78, 5) is 11.7. The van der Waals surface area contributed by atoms with E-state index in [9.17, 15) is 9.90 Å². The zero-order valence-corrected chi connectivity index (χ0v) is 11.5. The summed E-state index contributed by atoms with van der Waals surface area (Å²) in [7, 11) is 1.30. The first-order valence-corrected chi connectivity index (χ1v) is 6.26. The van der Waals surface area contributed by atoms with E-state index in [2.05, 4.69) is 4.74 Å². The molecule has 1 N–H and O–H groups in total. The van der Waals surface area contributed by atoms with E-state index in [0.29, 0.717) is 28.0 Å². The lowest BCUT2D eigenvalue weighted by Gasteiger charge is -2.16. The minimum absolute atomic E-state index is 0.306. The maximum Gasteiger partial charge on any atom is 0.351 e. The van der Waals surface area contributed by atoms with Crippen LogP contribution in [0.4, 0.5) is 0 Å². The number of ether oxygens (including phenoxy) is 2. The van der Waals surface area contributed by atoms with Gasteiger partial charge >= 0.3 is 5.97 Å². The SMILES string of the molecule is COC(=O)c1sc(Cl)cc1OCCC(C)(C)O. The number of methoxy groups -OCH3 is 1. The third-order valence-electron chi connectivity index (χ3n) is 2.01. The molecule has 96 valence electrons. The van der Waals surface area contributed by atoms with E-state index < -0.39 is 11.6 Å². The minimum atomic E-state index is -0.800. The van der Waals surface area contributed by atoms with Crippen molar-refractivity contribution in [2.45, 2.75) is 25.9 Å².